The molecule has 1 saturated heterocycles. The second kappa shape index (κ2) is 5.38. The average Bonchev–Trinajstić information content (AvgIpc) is 2.31. The van der Waals surface area contributed by atoms with Crippen molar-refractivity contribution in [3.8, 4) is 0 Å². The van der Waals surface area contributed by atoms with Crippen LogP contribution in [-0.2, 0) is 4.74 Å². The van der Waals surface area contributed by atoms with Gasteiger partial charge < -0.3 is 9.84 Å². The molecule has 1 amide bonds. The smallest absolute Gasteiger partial charge is 0.414 e. The van der Waals surface area contributed by atoms with Crippen LogP contribution in [0.2, 0.25) is 5.02 Å². The lowest BCUT2D eigenvalue weighted by Gasteiger charge is -2.35. The summed E-state index contributed by atoms with van der Waals surface area (Å²) < 4.78 is 5.02. The van der Waals surface area contributed by atoms with Crippen LogP contribution >= 0.6 is 11.6 Å². The fourth-order valence-electron chi connectivity index (χ4n) is 1.99. The summed E-state index contributed by atoms with van der Waals surface area (Å²) in [6.07, 6.45) is 0.834. The zero-order chi connectivity index (χ0) is 12.3. The fourth-order valence-corrected chi connectivity index (χ4v) is 2.22. The van der Waals surface area contributed by atoms with Gasteiger partial charge in [-0.15, -0.1) is 0 Å². The van der Waals surface area contributed by atoms with Crippen LogP contribution in [0.25, 0.3) is 0 Å². The SMILES string of the molecule is O=C1OCCC(CCO)N1c1ccccc1Cl. The molecule has 1 aromatic carbocycles. The molecule has 4 nitrogen and oxygen atoms in total. The molecule has 0 saturated carbocycles. The van der Waals surface area contributed by atoms with Gasteiger partial charge in [-0.3, -0.25) is 4.90 Å². The van der Waals surface area contributed by atoms with E-state index < -0.39 is 6.09 Å². The first kappa shape index (κ1) is 12.2. The highest BCUT2D eigenvalue weighted by Gasteiger charge is 2.31. The Bertz CT molecular complexity index is 408. The zero-order valence-corrected chi connectivity index (χ0v) is 10.1. The summed E-state index contributed by atoms with van der Waals surface area (Å²) in [5.41, 5.74) is 0.636. The molecule has 0 bridgehead atoms. The number of cyclic esters (lactones) is 1. The lowest BCUT2D eigenvalue weighted by molar-refractivity contribution is 0.124. The quantitative estimate of drug-likeness (QED) is 0.903. The second-order valence-electron chi connectivity index (χ2n) is 3.89. The Morgan fingerprint density at radius 1 is 1.47 bits per heavy atom. The molecular formula is C12H14ClNO3. The molecule has 1 fully saturated rings. The third-order valence-corrected chi connectivity index (χ3v) is 3.13. The highest BCUT2D eigenvalue weighted by Crippen LogP contribution is 2.31. The molecule has 1 aromatic rings. The highest BCUT2D eigenvalue weighted by atomic mass is 35.5. The Labute approximate surface area is 105 Å². The fraction of sp³-hybridized carbons (Fsp3) is 0.417. The molecule has 0 spiro atoms. The number of nitrogens with zero attached hydrogens (tertiary/aromatic N) is 1. The van der Waals surface area contributed by atoms with Crippen LogP contribution in [0.3, 0.4) is 0 Å². The molecule has 1 aliphatic rings. The van der Waals surface area contributed by atoms with Crippen LogP contribution in [0.15, 0.2) is 24.3 Å². The maximum atomic E-state index is 11.8. The second-order valence-corrected chi connectivity index (χ2v) is 4.30. The Hall–Kier alpha value is -1.26. The number of benzene rings is 1. The first-order valence-electron chi connectivity index (χ1n) is 5.55. The number of anilines is 1. The van der Waals surface area contributed by atoms with Crippen LogP contribution in [0.4, 0.5) is 10.5 Å². The maximum Gasteiger partial charge on any atom is 0.414 e. The highest BCUT2D eigenvalue weighted by molar-refractivity contribution is 6.33. The molecule has 1 aliphatic heterocycles. The maximum absolute atomic E-state index is 11.8. The van der Waals surface area contributed by atoms with E-state index in [-0.39, 0.29) is 12.6 Å². The summed E-state index contributed by atoms with van der Waals surface area (Å²) in [6, 6.07) is 7.08. The van der Waals surface area contributed by atoms with Gasteiger partial charge in [0.25, 0.3) is 0 Å². The molecular weight excluding hydrogens is 242 g/mol. The Morgan fingerprint density at radius 2 is 2.24 bits per heavy atom. The normalized spacial score (nSPS) is 20.2. The van der Waals surface area contributed by atoms with Crippen molar-refractivity contribution >= 4 is 23.4 Å². The molecule has 0 radical (unpaired) electrons. The summed E-state index contributed by atoms with van der Waals surface area (Å²) >= 11 is 6.08. The number of amides is 1. The van der Waals surface area contributed by atoms with Crippen molar-refractivity contribution in [2.75, 3.05) is 18.1 Å². The number of hydrogen-bond acceptors (Lipinski definition) is 3. The summed E-state index contributed by atoms with van der Waals surface area (Å²) in [6.45, 7) is 0.434. The molecule has 1 atom stereocenters. The van der Waals surface area contributed by atoms with Crippen molar-refractivity contribution in [3.05, 3.63) is 29.3 Å². The van der Waals surface area contributed by atoms with Gasteiger partial charge in [-0.2, -0.15) is 0 Å². The van der Waals surface area contributed by atoms with Crippen molar-refractivity contribution in [1.29, 1.82) is 0 Å². The molecule has 1 N–H and O–H groups in total. The first-order chi connectivity index (χ1) is 8.24. The van der Waals surface area contributed by atoms with Gasteiger partial charge in [0.2, 0.25) is 0 Å². The van der Waals surface area contributed by atoms with Crippen LogP contribution < -0.4 is 4.90 Å². The summed E-state index contributed by atoms with van der Waals surface area (Å²) in [5, 5.41) is 9.54. The van der Waals surface area contributed by atoms with Crippen LogP contribution in [0.5, 0.6) is 0 Å². The van der Waals surface area contributed by atoms with E-state index in [4.69, 9.17) is 21.4 Å². The summed E-state index contributed by atoms with van der Waals surface area (Å²) in [7, 11) is 0. The monoisotopic (exact) mass is 255 g/mol. The summed E-state index contributed by atoms with van der Waals surface area (Å²) in [4.78, 5) is 13.3. The number of ether oxygens (including phenoxy) is 1. The zero-order valence-electron chi connectivity index (χ0n) is 9.30. The Balaban J connectivity index is 2.31. The van der Waals surface area contributed by atoms with Crippen molar-refractivity contribution in [3.63, 3.8) is 0 Å². The third-order valence-electron chi connectivity index (χ3n) is 2.81. The van der Waals surface area contributed by atoms with Gasteiger partial charge in [-0.05, 0) is 18.6 Å². The molecule has 1 unspecified atom stereocenters. The average molecular weight is 256 g/mol. The lowest BCUT2D eigenvalue weighted by Crippen LogP contribution is -2.46. The minimum atomic E-state index is -0.400. The molecule has 92 valence electrons. The van der Waals surface area contributed by atoms with Crippen molar-refractivity contribution in [1.82, 2.24) is 0 Å². The van der Waals surface area contributed by atoms with Gasteiger partial charge in [-0.25, -0.2) is 4.79 Å². The number of carbonyl (C=O) groups excluding carboxylic acids is 1. The number of halogens is 1. The van der Waals surface area contributed by atoms with Crippen molar-refractivity contribution < 1.29 is 14.6 Å². The topological polar surface area (TPSA) is 49.8 Å². The molecule has 17 heavy (non-hydrogen) atoms. The number of carbonyl (C=O) groups is 1. The number of rotatable bonds is 3. The predicted molar refractivity (Wildman–Crippen MR) is 65.4 cm³/mol. The van der Waals surface area contributed by atoms with E-state index in [1.807, 2.05) is 12.1 Å². The molecule has 0 aliphatic carbocycles. The van der Waals surface area contributed by atoms with Crippen LogP contribution in [-0.4, -0.2) is 30.5 Å². The molecule has 1 heterocycles. The van der Waals surface area contributed by atoms with Gasteiger partial charge in [0.05, 0.1) is 17.3 Å². The van der Waals surface area contributed by atoms with E-state index >= 15 is 0 Å². The van der Waals surface area contributed by atoms with E-state index in [9.17, 15) is 4.79 Å². The number of para-hydroxylation sites is 1. The van der Waals surface area contributed by atoms with E-state index in [0.29, 0.717) is 30.2 Å². The van der Waals surface area contributed by atoms with Crippen molar-refractivity contribution in [2.24, 2.45) is 0 Å². The standard InChI is InChI=1S/C12H14ClNO3/c13-10-3-1-2-4-11(10)14-9(5-7-15)6-8-17-12(14)16/h1-4,9,15H,5-8H2. The minimum absolute atomic E-state index is 0.0406. The molecule has 0 aromatic heterocycles. The van der Waals surface area contributed by atoms with Gasteiger partial charge in [-0.1, -0.05) is 23.7 Å². The van der Waals surface area contributed by atoms with Crippen LogP contribution in [0, 0.1) is 0 Å². The van der Waals surface area contributed by atoms with E-state index in [2.05, 4.69) is 0 Å². The van der Waals surface area contributed by atoms with Gasteiger partial charge in [0.15, 0.2) is 0 Å². The first-order valence-corrected chi connectivity index (χ1v) is 5.93. The largest absolute Gasteiger partial charge is 0.449 e. The molecule has 5 heteroatoms. The number of aliphatic hydroxyl groups excluding tert-OH is 1. The summed E-state index contributed by atoms with van der Waals surface area (Å²) in [5.74, 6) is 0. The number of hydrogen-bond donors (Lipinski definition) is 1. The van der Waals surface area contributed by atoms with E-state index in [0.717, 1.165) is 0 Å². The predicted octanol–water partition coefficient (Wildman–Crippen LogP) is 2.44. The van der Waals surface area contributed by atoms with Gasteiger partial charge >= 0.3 is 6.09 Å². The van der Waals surface area contributed by atoms with Gasteiger partial charge in [0, 0.05) is 19.1 Å². The third kappa shape index (κ3) is 2.53. The lowest BCUT2D eigenvalue weighted by atomic mass is 10.1. The molecule has 2 rings (SSSR count). The number of aliphatic hydroxyl groups is 1. The minimum Gasteiger partial charge on any atom is -0.449 e. The van der Waals surface area contributed by atoms with Gasteiger partial charge in [0.1, 0.15) is 0 Å². The Morgan fingerprint density at radius 3 is 2.94 bits per heavy atom. The van der Waals surface area contributed by atoms with E-state index in [1.165, 1.54) is 4.90 Å². The van der Waals surface area contributed by atoms with E-state index in [1.54, 1.807) is 12.1 Å². The van der Waals surface area contributed by atoms with Crippen molar-refractivity contribution in [2.45, 2.75) is 18.9 Å². The van der Waals surface area contributed by atoms with Crippen LogP contribution in [0.1, 0.15) is 12.8 Å². The Kier molecular flexibility index (Phi) is 3.86.